The molecule has 0 spiro atoms. The van der Waals surface area contributed by atoms with Gasteiger partial charge in [0.05, 0.1) is 13.2 Å². The first-order valence-corrected chi connectivity index (χ1v) is 4.42. The van der Waals surface area contributed by atoms with Gasteiger partial charge in [0.1, 0.15) is 5.76 Å². The van der Waals surface area contributed by atoms with E-state index in [-0.39, 0.29) is 6.29 Å². The molecule has 0 saturated carbocycles. The van der Waals surface area contributed by atoms with Gasteiger partial charge in [0.25, 0.3) is 0 Å². The Morgan fingerprint density at radius 1 is 1.31 bits per heavy atom. The molecule has 0 aromatic carbocycles. The summed E-state index contributed by atoms with van der Waals surface area (Å²) in [6.45, 7) is 1.87. The summed E-state index contributed by atoms with van der Waals surface area (Å²) in [7, 11) is 0. The standard InChI is InChI=1S/C9H13NO3/c10-4-3-7-1-2-8(13-7)9-11-5-6-12-9/h1-2,9H,3-6,10H2. The highest BCUT2D eigenvalue weighted by molar-refractivity contribution is 5.08. The molecule has 0 aliphatic carbocycles. The van der Waals surface area contributed by atoms with Crippen molar-refractivity contribution in [1.82, 2.24) is 0 Å². The molecule has 1 aromatic heterocycles. The molecule has 72 valence electrons. The van der Waals surface area contributed by atoms with Crippen molar-refractivity contribution in [3.8, 4) is 0 Å². The Labute approximate surface area is 76.6 Å². The summed E-state index contributed by atoms with van der Waals surface area (Å²) in [6, 6.07) is 3.79. The molecule has 0 atom stereocenters. The second kappa shape index (κ2) is 3.91. The third-order valence-corrected chi connectivity index (χ3v) is 1.93. The molecule has 13 heavy (non-hydrogen) atoms. The lowest BCUT2D eigenvalue weighted by molar-refractivity contribution is -0.0593. The zero-order valence-corrected chi connectivity index (χ0v) is 7.36. The zero-order valence-electron chi connectivity index (χ0n) is 7.36. The molecule has 0 radical (unpaired) electrons. The molecule has 2 heterocycles. The van der Waals surface area contributed by atoms with E-state index in [1.54, 1.807) is 0 Å². The van der Waals surface area contributed by atoms with E-state index < -0.39 is 0 Å². The average Bonchev–Trinajstić information content (AvgIpc) is 2.70. The molecule has 4 nitrogen and oxygen atoms in total. The second-order valence-corrected chi connectivity index (χ2v) is 2.92. The minimum absolute atomic E-state index is 0.313. The molecule has 0 bridgehead atoms. The molecule has 1 aliphatic rings. The van der Waals surface area contributed by atoms with Gasteiger partial charge in [0.2, 0.25) is 6.29 Å². The summed E-state index contributed by atoms with van der Waals surface area (Å²) < 4.78 is 16.0. The van der Waals surface area contributed by atoms with E-state index in [4.69, 9.17) is 19.6 Å². The van der Waals surface area contributed by atoms with Crippen LogP contribution in [0.15, 0.2) is 16.5 Å². The van der Waals surface area contributed by atoms with E-state index >= 15 is 0 Å². The maximum atomic E-state index is 5.48. The predicted molar refractivity (Wildman–Crippen MR) is 46.1 cm³/mol. The lowest BCUT2D eigenvalue weighted by Crippen LogP contribution is -2.01. The van der Waals surface area contributed by atoms with Crippen LogP contribution in [0.3, 0.4) is 0 Å². The van der Waals surface area contributed by atoms with Crippen molar-refractivity contribution in [2.24, 2.45) is 5.73 Å². The van der Waals surface area contributed by atoms with Crippen LogP contribution in [-0.4, -0.2) is 19.8 Å². The van der Waals surface area contributed by atoms with Gasteiger partial charge in [-0.2, -0.15) is 0 Å². The van der Waals surface area contributed by atoms with Crippen molar-refractivity contribution in [3.05, 3.63) is 23.7 Å². The topological polar surface area (TPSA) is 57.6 Å². The van der Waals surface area contributed by atoms with Crippen LogP contribution >= 0.6 is 0 Å². The third kappa shape index (κ3) is 1.91. The number of hydrogen-bond acceptors (Lipinski definition) is 4. The van der Waals surface area contributed by atoms with Crippen LogP contribution in [0.1, 0.15) is 17.8 Å². The predicted octanol–water partition coefficient (Wildman–Crippen LogP) is 0.826. The monoisotopic (exact) mass is 183 g/mol. The molecular weight excluding hydrogens is 170 g/mol. The van der Waals surface area contributed by atoms with Gasteiger partial charge in [-0.25, -0.2) is 0 Å². The number of hydrogen-bond donors (Lipinski definition) is 1. The minimum atomic E-state index is -0.313. The molecule has 1 aromatic rings. The van der Waals surface area contributed by atoms with Gasteiger partial charge in [-0.3, -0.25) is 0 Å². The summed E-state index contributed by atoms with van der Waals surface area (Å²) in [5.41, 5.74) is 5.40. The van der Waals surface area contributed by atoms with Crippen molar-refractivity contribution in [2.75, 3.05) is 19.8 Å². The Balaban J connectivity index is 2.03. The lowest BCUT2D eigenvalue weighted by atomic mass is 10.3. The van der Waals surface area contributed by atoms with Crippen LogP contribution in [0, 0.1) is 0 Å². The summed E-state index contributed by atoms with van der Waals surface area (Å²) in [5.74, 6) is 1.62. The molecule has 4 heteroatoms. The van der Waals surface area contributed by atoms with Gasteiger partial charge in [-0.05, 0) is 18.7 Å². The van der Waals surface area contributed by atoms with Crippen LogP contribution in [0.2, 0.25) is 0 Å². The molecule has 2 N–H and O–H groups in total. The maximum absolute atomic E-state index is 5.48. The summed E-state index contributed by atoms with van der Waals surface area (Å²) in [4.78, 5) is 0. The number of rotatable bonds is 3. The Hall–Kier alpha value is -0.840. The molecule has 1 fully saturated rings. The van der Waals surface area contributed by atoms with E-state index in [0.717, 1.165) is 17.9 Å². The summed E-state index contributed by atoms with van der Waals surface area (Å²) in [5, 5.41) is 0. The maximum Gasteiger partial charge on any atom is 0.217 e. The average molecular weight is 183 g/mol. The Kier molecular flexibility index (Phi) is 2.63. The van der Waals surface area contributed by atoms with E-state index in [1.165, 1.54) is 0 Å². The summed E-state index contributed by atoms with van der Waals surface area (Å²) >= 11 is 0. The zero-order chi connectivity index (χ0) is 9.10. The number of ether oxygens (including phenoxy) is 2. The van der Waals surface area contributed by atoms with E-state index in [0.29, 0.717) is 19.8 Å². The van der Waals surface area contributed by atoms with Crippen LogP contribution in [-0.2, 0) is 15.9 Å². The number of furan rings is 1. The van der Waals surface area contributed by atoms with Crippen molar-refractivity contribution >= 4 is 0 Å². The molecule has 0 amide bonds. The molecule has 1 aliphatic heterocycles. The highest BCUT2D eigenvalue weighted by atomic mass is 16.7. The quantitative estimate of drug-likeness (QED) is 0.754. The van der Waals surface area contributed by atoms with Gasteiger partial charge in [0.15, 0.2) is 5.76 Å². The van der Waals surface area contributed by atoms with Gasteiger partial charge in [0, 0.05) is 6.42 Å². The highest BCUT2D eigenvalue weighted by Crippen LogP contribution is 2.24. The first kappa shape index (κ1) is 8.74. The van der Waals surface area contributed by atoms with Crippen molar-refractivity contribution in [2.45, 2.75) is 12.7 Å². The molecular formula is C9H13NO3. The SMILES string of the molecule is NCCc1ccc(C2OCCO2)o1. The van der Waals surface area contributed by atoms with E-state index in [1.807, 2.05) is 12.1 Å². The van der Waals surface area contributed by atoms with Gasteiger partial charge < -0.3 is 19.6 Å². The normalized spacial score (nSPS) is 18.2. The second-order valence-electron chi connectivity index (χ2n) is 2.92. The first-order chi connectivity index (χ1) is 6.40. The van der Waals surface area contributed by atoms with Crippen LogP contribution < -0.4 is 5.73 Å². The fourth-order valence-electron chi connectivity index (χ4n) is 1.32. The first-order valence-electron chi connectivity index (χ1n) is 4.42. The number of nitrogens with two attached hydrogens (primary N) is 1. The van der Waals surface area contributed by atoms with E-state index in [2.05, 4.69) is 0 Å². The lowest BCUT2D eigenvalue weighted by Gasteiger charge is -2.03. The molecule has 0 unspecified atom stereocenters. The Bertz CT molecular complexity index is 266. The largest absolute Gasteiger partial charge is 0.461 e. The fraction of sp³-hybridized carbons (Fsp3) is 0.556. The van der Waals surface area contributed by atoms with Gasteiger partial charge >= 0.3 is 0 Å². The molecule has 2 rings (SSSR count). The van der Waals surface area contributed by atoms with Crippen molar-refractivity contribution in [1.29, 1.82) is 0 Å². The fourth-order valence-corrected chi connectivity index (χ4v) is 1.32. The minimum Gasteiger partial charge on any atom is -0.461 e. The molecule has 1 saturated heterocycles. The van der Waals surface area contributed by atoms with Crippen LogP contribution in [0.25, 0.3) is 0 Å². The van der Waals surface area contributed by atoms with Crippen molar-refractivity contribution < 1.29 is 13.9 Å². The van der Waals surface area contributed by atoms with Crippen molar-refractivity contribution in [3.63, 3.8) is 0 Å². The van der Waals surface area contributed by atoms with Gasteiger partial charge in [-0.1, -0.05) is 0 Å². The Morgan fingerprint density at radius 3 is 2.77 bits per heavy atom. The van der Waals surface area contributed by atoms with Gasteiger partial charge in [-0.15, -0.1) is 0 Å². The third-order valence-electron chi connectivity index (χ3n) is 1.93. The van der Waals surface area contributed by atoms with Crippen LogP contribution in [0.4, 0.5) is 0 Å². The highest BCUT2D eigenvalue weighted by Gasteiger charge is 2.21. The summed E-state index contributed by atoms with van der Waals surface area (Å²) in [6.07, 6.45) is 0.443. The Morgan fingerprint density at radius 2 is 2.08 bits per heavy atom. The van der Waals surface area contributed by atoms with Crippen LogP contribution in [0.5, 0.6) is 0 Å². The smallest absolute Gasteiger partial charge is 0.217 e. The van der Waals surface area contributed by atoms with E-state index in [9.17, 15) is 0 Å².